The number of hydrogen-bond donors (Lipinski definition) is 1. The molecule has 0 aromatic heterocycles. The van der Waals surface area contributed by atoms with Gasteiger partial charge in [0, 0.05) is 6.26 Å². The van der Waals surface area contributed by atoms with Gasteiger partial charge in [-0.05, 0) is 50.8 Å². The summed E-state index contributed by atoms with van der Waals surface area (Å²) in [5, 5.41) is 2.68. The standard InChI is InChI=1S/C24H29N3O7S.ClH/c1-6-34-20-12-15(10-11-19(20)33-4)18(14-35(5,31)32)27-23(29)16-8-7-9-17(22(16)24(27)30)25-21(28)13-26(2)3;/h7-12,18H,6,13-14H2,1-5H3,(H,25,28);1H. The number of nitrogens with one attached hydrogen (secondary N) is 1. The molecule has 0 bridgehead atoms. The molecule has 12 heteroatoms. The number of likely N-dealkylation sites (N-methyl/N-ethyl adjacent to an activating group) is 1. The van der Waals surface area contributed by atoms with E-state index in [4.69, 9.17) is 9.47 Å². The van der Waals surface area contributed by atoms with Gasteiger partial charge in [0.1, 0.15) is 9.84 Å². The van der Waals surface area contributed by atoms with Crippen LogP contribution in [0.1, 0.15) is 39.2 Å². The van der Waals surface area contributed by atoms with E-state index in [0.717, 1.165) is 11.2 Å². The number of methoxy groups -OCH3 is 1. The summed E-state index contributed by atoms with van der Waals surface area (Å²) in [6.07, 6.45) is 1.04. The van der Waals surface area contributed by atoms with Crippen LogP contribution in [0.3, 0.4) is 0 Å². The maximum absolute atomic E-state index is 13.6. The van der Waals surface area contributed by atoms with Crippen LogP contribution in [0.4, 0.5) is 5.69 Å². The lowest BCUT2D eigenvalue weighted by Crippen LogP contribution is -2.38. The van der Waals surface area contributed by atoms with Gasteiger partial charge in [0.25, 0.3) is 11.8 Å². The number of nitrogens with zero attached hydrogens (tertiary/aromatic N) is 2. The Kier molecular flexibility index (Phi) is 9.47. The molecule has 0 radical (unpaired) electrons. The highest BCUT2D eigenvalue weighted by atomic mass is 35.5. The van der Waals surface area contributed by atoms with Crippen LogP contribution in [-0.4, -0.2) is 82.3 Å². The maximum Gasteiger partial charge on any atom is 0.264 e. The van der Waals surface area contributed by atoms with Gasteiger partial charge in [0.05, 0.1) is 48.9 Å². The van der Waals surface area contributed by atoms with Gasteiger partial charge >= 0.3 is 0 Å². The highest BCUT2D eigenvalue weighted by Crippen LogP contribution is 2.38. The predicted molar refractivity (Wildman–Crippen MR) is 138 cm³/mol. The minimum atomic E-state index is -3.62. The number of imide groups is 1. The monoisotopic (exact) mass is 539 g/mol. The van der Waals surface area contributed by atoms with Gasteiger partial charge in [0.15, 0.2) is 11.5 Å². The van der Waals surface area contributed by atoms with Crippen molar-refractivity contribution < 1.29 is 32.3 Å². The Hall–Kier alpha value is -3.15. The lowest BCUT2D eigenvalue weighted by Gasteiger charge is -2.27. The summed E-state index contributed by atoms with van der Waals surface area (Å²) in [4.78, 5) is 41.9. The van der Waals surface area contributed by atoms with Gasteiger partial charge in [-0.1, -0.05) is 12.1 Å². The summed E-state index contributed by atoms with van der Waals surface area (Å²) in [5.41, 5.74) is 0.710. The van der Waals surface area contributed by atoms with Crippen LogP contribution in [0.25, 0.3) is 0 Å². The van der Waals surface area contributed by atoms with Gasteiger partial charge in [-0.15, -0.1) is 12.4 Å². The summed E-state index contributed by atoms with van der Waals surface area (Å²) >= 11 is 0. The van der Waals surface area contributed by atoms with E-state index in [0.29, 0.717) is 23.7 Å². The van der Waals surface area contributed by atoms with Crippen molar-refractivity contribution in [2.24, 2.45) is 0 Å². The van der Waals surface area contributed by atoms with Crippen LogP contribution in [0.5, 0.6) is 11.5 Å². The molecule has 0 saturated carbocycles. The third-order valence-electron chi connectivity index (χ3n) is 5.32. The number of rotatable bonds is 10. The van der Waals surface area contributed by atoms with Crippen LogP contribution >= 0.6 is 12.4 Å². The number of carbonyl (C=O) groups is 3. The summed E-state index contributed by atoms with van der Waals surface area (Å²) in [5.74, 6) is -1.38. The van der Waals surface area contributed by atoms with Gasteiger partial charge in [-0.25, -0.2) is 8.42 Å². The third-order valence-corrected chi connectivity index (χ3v) is 6.25. The molecule has 1 unspecified atom stereocenters. The van der Waals surface area contributed by atoms with Crippen molar-refractivity contribution in [2.75, 3.05) is 51.7 Å². The summed E-state index contributed by atoms with van der Waals surface area (Å²) < 4.78 is 35.6. The minimum Gasteiger partial charge on any atom is -0.493 e. The molecule has 3 rings (SSSR count). The molecular weight excluding hydrogens is 510 g/mol. The van der Waals surface area contributed by atoms with E-state index in [1.165, 1.54) is 19.2 Å². The zero-order valence-electron chi connectivity index (χ0n) is 20.7. The first kappa shape index (κ1) is 29.1. The number of amides is 3. The smallest absolute Gasteiger partial charge is 0.264 e. The highest BCUT2D eigenvalue weighted by molar-refractivity contribution is 7.90. The Morgan fingerprint density at radius 3 is 2.39 bits per heavy atom. The Morgan fingerprint density at radius 1 is 1.11 bits per heavy atom. The molecule has 36 heavy (non-hydrogen) atoms. The molecule has 0 aliphatic carbocycles. The SMILES string of the molecule is CCOc1cc(C(CS(C)(=O)=O)N2C(=O)c3cccc(NC(=O)CN(C)C)c3C2=O)ccc1OC.Cl. The average Bonchev–Trinajstić information content (AvgIpc) is 3.02. The second kappa shape index (κ2) is 11.7. The molecule has 0 saturated heterocycles. The number of sulfone groups is 1. The summed E-state index contributed by atoms with van der Waals surface area (Å²) in [6.45, 7) is 2.20. The first-order valence-corrected chi connectivity index (χ1v) is 13.0. The number of hydrogen-bond acceptors (Lipinski definition) is 8. The molecule has 2 aromatic rings. The zero-order chi connectivity index (χ0) is 25.9. The molecule has 1 aliphatic heterocycles. The fourth-order valence-corrected chi connectivity index (χ4v) is 4.86. The van der Waals surface area contributed by atoms with Crippen molar-refractivity contribution in [1.29, 1.82) is 0 Å². The number of anilines is 1. The van der Waals surface area contributed by atoms with Crippen LogP contribution in [-0.2, 0) is 14.6 Å². The number of benzene rings is 2. The van der Waals surface area contributed by atoms with Crippen LogP contribution in [0.15, 0.2) is 36.4 Å². The van der Waals surface area contributed by atoms with Crippen molar-refractivity contribution in [3.8, 4) is 11.5 Å². The molecule has 1 N–H and O–H groups in total. The van der Waals surface area contributed by atoms with Crippen LogP contribution < -0.4 is 14.8 Å². The minimum absolute atomic E-state index is 0. The molecule has 0 fully saturated rings. The summed E-state index contributed by atoms with van der Waals surface area (Å²) in [6, 6.07) is 8.22. The number of halogens is 1. The van der Waals surface area contributed by atoms with Gasteiger partial charge in [-0.3, -0.25) is 19.3 Å². The molecule has 10 nitrogen and oxygen atoms in total. The lowest BCUT2D eigenvalue weighted by atomic mass is 10.1. The lowest BCUT2D eigenvalue weighted by molar-refractivity contribution is -0.116. The Bertz CT molecular complexity index is 1260. The maximum atomic E-state index is 13.6. The van der Waals surface area contributed by atoms with Gasteiger partial charge in [0.2, 0.25) is 5.91 Å². The molecule has 2 aromatic carbocycles. The summed E-state index contributed by atoms with van der Waals surface area (Å²) in [7, 11) is 1.31. The van der Waals surface area contributed by atoms with E-state index >= 15 is 0 Å². The average molecular weight is 540 g/mol. The topological polar surface area (TPSA) is 122 Å². The predicted octanol–water partition coefficient (Wildman–Crippen LogP) is 2.40. The molecule has 3 amide bonds. The van der Waals surface area contributed by atoms with E-state index < -0.39 is 33.4 Å². The number of fused-ring (bicyclic) bond motifs is 1. The number of carbonyl (C=O) groups excluding carboxylic acids is 3. The molecular formula is C24H30ClN3O7S. The van der Waals surface area contributed by atoms with Crippen LogP contribution in [0, 0.1) is 0 Å². The van der Waals surface area contributed by atoms with Crippen LogP contribution in [0.2, 0.25) is 0 Å². The van der Waals surface area contributed by atoms with E-state index in [1.54, 1.807) is 50.2 Å². The van der Waals surface area contributed by atoms with Gasteiger partial charge in [-0.2, -0.15) is 0 Å². The van der Waals surface area contributed by atoms with Crippen molar-refractivity contribution >= 4 is 45.7 Å². The second-order valence-corrected chi connectivity index (χ2v) is 10.6. The zero-order valence-corrected chi connectivity index (χ0v) is 22.4. The Labute approximate surface area is 216 Å². The first-order valence-electron chi connectivity index (χ1n) is 10.9. The van der Waals surface area contributed by atoms with E-state index in [-0.39, 0.29) is 41.7 Å². The Morgan fingerprint density at radius 2 is 1.81 bits per heavy atom. The molecule has 1 heterocycles. The van der Waals surface area contributed by atoms with E-state index in [1.807, 2.05) is 0 Å². The molecule has 196 valence electrons. The quantitative estimate of drug-likeness (QED) is 0.457. The van der Waals surface area contributed by atoms with Gasteiger partial charge < -0.3 is 19.7 Å². The fraction of sp³-hybridized carbons (Fsp3) is 0.375. The van der Waals surface area contributed by atoms with Crippen molar-refractivity contribution in [2.45, 2.75) is 13.0 Å². The van der Waals surface area contributed by atoms with Crippen molar-refractivity contribution in [1.82, 2.24) is 9.80 Å². The second-order valence-electron chi connectivity index (χ2n) is 8.45. The Balaban J connectivity index is 0.00000456. The molecule has 1 atom stereocenters. The highest BCUT2D eigenvalue weighted by Gasteiger charge is 2.43. The fourth-order valence-electron chi connectivity index (χ4n) is 3.94. The number of ether oxygens (including phenoxy) is 2. The largest absolute Gasteiger partial charge is 0.493 e. The third kappa shape index (κ3) is 6.34. The van der Waals surface area contributed by atoms with E-state index in [2.05, 4.69) is 5.32 Å². The first-order chi connectivity index (χ1) is 16.5. The van der Waals surface area contributed by atoms with E-state index in [9.17, 15) is 22.8 Å². The van der Waals surface area contributed by atoms with Crippen molar-refractivity contribution in [3.05, 3.63) is 53.1 Å². The van der Waals surface area contributed by atoms with Crippen molar-refractivity contribution in [3.63, 3.8) is 0 Å². The molecule has 0 spiro atoms. The normalized spacial score (nSPS) is 13.8. The molecule has 1 aliphatic rings.